The quantitative estimate of drug-likeness (QED) is 0.759. The average molecular weight is 407 g/mol. The molecule has 0 unspecified atom stereocenters. The predicted octanol–water partition coefficient (Wildman–Crippen LogP) is 4.19. The summed E-state index contributed by atoms with van der Waals surface area (Å²) in [6.45, 7) is -0.0346. The second-order valence-corrected chi connectivity index (χ2v) is 6.20. The van der Waals surface area contributed by atoms with E-state index >= 15 is 0 Å². The van der Waals surface area contributed by atoms with Crippen LogP contribution in [0.25, 0.3) is 0 Å². The Morgan fingerprint density at radius 3 is 2.28 bits per heavy atom. The van der Waals surface area contributed by atoms with E-state index in [1.807, 2.05) is 0 Å². The summed E-state index contributed by atoms with van der Waals surface area (Å²) >= 11 is 6.30. The van der Waals surface area contributed by atoms with E-state index in [2.05, 4.69) is 37.2 Å². The third kappa shape index (κ3) is 6.10. The fourth-order valence-corrected chi connectivity index (χ4v) is 2.85. The maximum atomic E-state index is 11.8. The Morgan fingerprint density at radius 1 is 1.22 bits per heavy atom. The molecule has 0 radical (unpaired) electrons. The molecule has 0 fully saturated rings. The highest BCUT2D eigenvalue weighted by atomic mass is 79.9. The molecule has 0 aliphatic rings. The van der Waals surface area contributed by atoms with Gasteiger partial charge in [-0.2, -0.15) is 13.2 Å². The number of hydrogen-bond acceptors (Lipinski definition) is 2. The molecular weight excluding hydrogens is 399 g/mol. The van der Waals surface area contributed by atoms with Crippen LogP contribution in [0.4, 0.5) is 13.2 Å². The molecular formula is C10H8Br2F3NOS. The van der Waals surface area contributed by atoms with Crippen LogP contribution >= 0.6 is 43.6 Å². The Morgan fingerprint density at radius 2 is 1.78 bits per heavy atom. The average Bonchev–Trinajstić information content (AvgIpc) is 2.21. The summed E-state index contributed by atoms with van der Waals surface area (Å²) in [7, 11) is 0. The molecule has 100 valence electrons. The summed E-state index contributed by atoms with van der Waals surface area (Å²) in [5.41, 5.74) is -3.88. The van der Waals surface area contributed by atoms with Crippen molar-refractivity contribution >= 4 is 49.5 Å². The molecule has 8 heteroatoms. The van der Waals surface area contributed by atoms with Crippen LogP contribution < -0.4 is 5.32 Å². The minimum atomic E-state index is -4.26. The normalized spacial score (nSPS) is 11.4. The highest BCUT2D eigenvalue weighted by Crippen LogP contribution is 2.29. The molecule has 2 nitrogen and oxygen atoms in total. The van der Waals surface area contributed by atoms with Crippen LogP contribution in [0, 0.1) is 0 Å². The maximum Gasteiger partial charge on any atom is 0.441 e. The van der Waals surface area contributed by atoms with Crippen molar-refractivity contribution in [3.8, 4) is 0 Å². The van der Waals surface area contributed by atoms with Gasteiger partial charge in [-0.05, 0) is 30.0 Å². The number of carbonyl (C=O) groups is 1. The van der Waals surface area contributed by atoms with Crippen molar-refractivity contribution in [2.24, 2.45) is 0 Å². The van der Waals surface area contributed by atoms with E-state index in [1.165, 1.54) is 0 Å². The largest absolute Gasteiger partial charge is 0.441 e. The fourth-order valence-electron chi connectivity index (χ4n) is 1.12. The zero-order valence-electron chi connectivity index (χ0n) is 8.85. The highest BCUT2D eigenvalue weighted by molar-refractivity contribution is 9.11. The first-order valence-electron chi connectivity index (χ1n) is 4.73. The van der Waals surface area contributed by atoms with Crippen molar-refractivity contribution in [1.29, 1.82) is 0 Å². The summed E-state index contributed by atoms with van der Waals surface area (Å²) in [5.74, 6) is -0.607. The van der Waals surface area contributed by atoms with Gasteiger partial charge in [0, 0.05) is 26.8 Å². The number of benzene rings is 1. The van der Waals surface area contributed by atoms with Gasteiger partial charge in [0.1, 0.15) is 0 Å². The lowest BCUT2D eigenvalue weighted by atomic mass is 10.2. The zero-order valence-corrected chi connectivity index (χ0v) is 12.8. The number of amides is 1. The van der Waals surface area contributed by atoms with Crippen molar-refractivity contribution in [2.75, 3.05) is 12.3 Å². The highest BCUT2D eigenvalue weighted by Gasteiger charge is 2.27. The van der Waals surface area contributed by atoms with Gasteiger partial charge in [0.05, 0.1) is 0 Å². The number of rotatable bonds is 4. The Balaban J connectivity index is 2.46. The smallest absolute Gasteiger partial charge is 0.351 e. The van der Waals surface area contributed by atoms with Crippen LogP contribution in [0.15, 0.2) is 27.1 Å². The summed E-state index contributed by atoms with van der Waals surface area (Å²) in [6.07, 6.45) is 0. The van der Waals surface area contributed by atoms with Crippen molar-refractivity contribution < 1.29 is 18.0 Å². The van der Waals surface area contributed by atoms with Crippen LogP contribution in [0.3, 0.4) is 0 Å². The molecule has 0 saturated carbocycles. The van der Waals surface area contributed by atoms with Gasteiger partial charge in [-0.15, -0.1) is 0 Å². The monoisotopic (exact) mass is 405 g/mol. The van der Waals surface area contributed by atoms with Gasteiger partial charge in [-0.3, -0.25) is 4.79 Å². The van der Waals surface area contributed by atoms with Gasteiger partial charge < -0.3 is 5.32 Å². The van der Waals surface area contributed by atoms with E-state index in [0.717, 1.165) is 0 Å². The summed E-state index contributed by atoms with van der Waals surface area (Å²) in [4.78, 5) is 11.6. The molecule has 0 aromatic heterocycles. The molecule has 1 rings (SSSR count). The Labute approximate surface area is 123 Å². The first-order valence-corrected chi connectivity index (χ1v) is 7.30. The number of nitrogens with one attached hydrogen (secondary N) is 1. The zero-order chi connectivity index (χ0) is 13.8. The molecule has 0 aliphatic carbocycles. The van der Waals surface area contributed by atoms with Gasteiger partial charge >= 0.3 is 5.51 Å². The molecule has 0 spiro atoms. The van der Waals surface area contributed by atoms with Crippen molar-refractivity contribution in [2.45, 2.75) is 5.51 Å². The first kappa shape index (κ1) is 15.8. The number of hydrogen-bond donors (Lipinski definition) is 1. The molecule has 1 N–H and O–H groups in total. The van der Waals surface area contributed by atoms with Crippen molar-refractivity contribution in [3.63, 3.8) is 0 Å². The molecule has 1 aromatic rings. The number of halogens is 5. The van der Waals surface area contributed by atoms with Crippen LogP contribution in [-0.4, -0.2) is 23.7 Å². The number of thioether (sulfide) groups is 1. The van der Waals surface area contributed by atoms with Gasteiger partial charge in [0.15, 0.2) is 0 Å². The molecule has 18 heavy (non-hydrogen) atoms. The maximum absolute atomic E-state index is 11.8. The molecule has 0 bridgehead atoms. The number of alkyl halides is 3. The van der Waals surface area contributed by atoms with Crippen molar-refractivity contribution in [3.05, 3.63) is 32.7 Å². The Hall–Kier alpha value is -0.210. The van der Waals surface area contributed by atoms with E-state index in [9.17, 15) is 18.0 Å². The lowest BCUT2D eigenvalue weighted by Gasteiger charge is -2.07. The molecule has 1 aromatic carbocycles. The van der Waals surface area contributed by atoms with Crippen LogP contribution in [-0.2, 0) is 0 Å². The molecule has 0 aliphatic heterocycles. The van der Waals surface area contributed by atoms with E-state index < -0.39 is 11.4 Å². The van der Waals surface area contributed by atoms with Crippen LogP contribution in [0.1, 0.15) is 10.4 Å². The lowest BCUT2D eigenvalue weighted by molar-refractivity contribution is -0.0327. The van der Waals surface area contributed by atoms with Gasteiger partial charge in [0.2, 0.25) is 0 Å². The van der Waals surface area contributed by atoms with E-state index in [4.69, 9.17) is 0 Å². The molecule has 1 amide bonds. The third-order valence-electron chi connectivity index (χ3n) is 1.78. The summed E-state index contributed by atoms with van der Waals surface area (Å²) in [5, 5.41) is 2.42. The van der Waals surface area contributed by atoms with Gasteiger partial charge in [-0.1, -0.05) is 31.9 Å². The first-order chi connectivity index (χ1) is 8.28. The fraction of sp³-hybridized carbons (Fsp3) is 0.300. The second kappa shape index (κ2) is 6.81. The topological polar surface area (TPSA) is 29.1 Å². The van der Waals surface area contributed by atoms with Crippen molar-refractivity contribution in [1.82, 2.24) is 5.32 Å². The lowest BCUT2D eigenvalue weighted by Crippen LogP contribution is -2.26. The minimum absolute atomic E-state index is 0.0346. The standard InChI is InChI=1S/C10H8Br2F3NOS/c11-7-3-6(4-8(12)5-7)9(17)16-1-2-18-10(13,14)15/h3-5H,1-2H2,(H,16,17). The van der Waals surface area contributed by atoms with E-state index in [-0.39, 0.29) is 24.1 Å². The minimum Gasteiger partial charge on any atom is -0.351 e. The molecule has 0 atom stereocenters. The Kier molecular flexibility index (Phi) is 6.00. The van der Waals surface area contributed by atoms with Gasteiger partial charge in [-0.25, -0.2) is 0 Å². The van der Waals surface area contributed by atoms with E-state index in [0.29, 0.717) is 14.5 Å². The third-order valence-corrected chi connectivity index (χ3v) is 3.43. The second-order valence-electron chi connectivity index (χ2n) is 3.21. The van der Waals surface area contributed by atoms with Crippen LogP contribution in [0.5, 0.6) is 0 Å². The number of carbonyl (C=O) groups excluding carboxylic acids is 1. The Bertz CT molecular complexity index is 419. The summed E-state index contributed by atoms with van der Waals surface area (Å²) in [6, 6.07) is 4.95. The molecule has 0 heterocycles. The molecule has 0 saturated heterocycles. The van der Waals surface area contributed by atoms with Gasteiger partial charge in [0.25, 0.3) is 5.91 Å². The van der Waals surface area contributed by atoms with Crippen LogP contribution in [0.2, 0.25) is 0 Å². The summed E-state index contributed by atoms with van der Waals surface area (Å²) < 4.78 is 37.0. The van der Waals surface area contributed by atoms with E-state index in [1.54, 1.807) is 18.2 Å². The predicted molar refractivity (Wildman–Crippen MR) is 72.7 cm³/mol. The SMILES string of the molecule is O=C(NCCSC(F)(F)F)c1cc(Br)cc(Br)c1.